The van der Waals surface area contributed by atoms with E-state index in [2.05, 4.69) is 26.2 Å². The van der Waals surface area contributed by atoms with Gasteiger partial charge in [-0.15, -0.1) is 0 Å². The second-order valence-corrected chi connectivity index (χ2v) is 8.57. The molecule has 0 atom stereocenters. The van der Waals surface area contributed by atoms with Crippen LogP contribution < -0.4 is 5.32 Å². The number of sulfonamides is 1. The lowest BCUT2D eigenvalue weighted by Gasteiger charge is -2.31. The fourth-order valence-electron chi connectivity index (χ4n) is 2.76. The van der Waals surface area contributed by atoms with E-state index in [1.807, 2.05) is 0 Å². The van der Waals surface area contributed by atoms with E-state index in [1.54, 1.807) is 30.5 Å². The Morgan fingerprint density at radius 1 is 1.32 bits per heavy atom. The van der Waals surface area contributed by atoms with Crippen LogP contribution in [0.5, 0.6) is 0 Å². The lowest BCUT2D eigenvalue weighted by atomic mass is 9.98. The number of pyridine rings is 1. The maximum absolute atomic E-state index is 12.5. The van der Waals surface area contributed by atoms with Crippen LogP contribution in [-0.4, -0.2) is 43.2 Å². The molecule has 2 aromatic heterocycles. The smallest absolute Gasteiger partial charge is 0.287 e. The first-order chi connectivity index (χ1) is 12.0. The van der Waals surface area contributed by atoms with Crippen molar-refractivity contribution < 1.29 is 17.6 Å². The quantitative estimate of drug-likeness (QED) is 0.789. The van der Waals surface area contributed by atoms with E-state index < -0.39 is 10.0 Å². The van der Waals surface area contributed by atoms with Gasteiger partial charge in [0.15, 0.2) is 10.4 Å². The molecule has 1 fully saturated rings. The standard InChI is InChI=1S/C16H18BrN3O4S/c17-15-4-3-14(24-15)16(21)19-10-12-5-8-20(9-6-12)25(22,23)13-2-1-7-18-11-13/h1-4,7,11-12H,5-6,8-10H2,(H,19,21). The van der Waals surface area contributed by atoms with Gasteiger partial charge in [0.2, 0.25) is 10.0 Å². The molecule has 9 heteroatoms. The van der Waals surface area contributed by atoms with Crippen molar-refractivity contribution in [2.24, 2.45) is 5.92 Å². The van der Waals surface area contributed by atoms with E-state index in [1.165, 1.54) is 10.5 Å². The van der Waals surface area contributed by atoms with Crippen LogP contribution in [-0.2, 0) is 10.0 Å². The molecule has 3 heterocycles. The number of aromatic nitrogens is 1. The van der Waals surface area contributed by atoms with E-state index in [-0.39, 0.29) is 22.5 Å². The highest BCUT2D eigenvalue weighted by molar-refractivity contribution is 9.10. The summed E-state index contributed by atoms with van der Waals surface area (Å²) in [5.41, 5.74) is 0. The van der Waals surface area contributed by atoms with Crippen LogP contribution in [0.4, 0.5) is 0 Å². The lowest BCUT2D eigenvalue weighted by molar-refractivity contribution is 0.0912. The molecule has 3 rings (SSSR count). The topological polar surface area (TPSA) is 92.5 Å². The molecular formula is C16H18BrN3O4S. The number of furan rings is 1. The average molecular weight is 428 g/mol. The van der Waals surface area contributed by atoms with Crippen molar-refractivity contribution in [2.45, 2.75) is 17.7 Å². The molecule has 1 saturated heterocycles. The van der Waals surface area contributed by atoms with Crippen molar-refractivity contribution in [3.63, 3.8) is 0 Å². The Hall–Kier alpha value is -1.71. The summed E-state index contributed by atoms with van der Waals surface area (Å²) in [7, 11) is -3.49. The highest BCUT2D eigenvalue weighted by Gasteiger charge is 2.29. The summed E-state index contributed by atoms with van der Waals surface area (Å²) in [4.78, 5) is 16.1. The van der Waals surface area contributed by atoms with Crippen molar-refractivity contribution in [2.75, 3.05) is 19.6 Å². The molecule has 25 heavy (non-hydrogen) atoms. The molecule has 0 aromatic carbocycles. The van der Waals surface area contributed by atoms with Gasteiger partial charge in [0.1, 0.15) is 4.90 Å². The molecule has 1 aliphatic rings. The highest BCUT2D eigenvalue weighted by atomic mass is 79.9. The van der Waals surface area contributed by atoms with Gasteiger partial charge in [-0.25, -0.2) is 8.42 Å². The van der Waals surface area contributed by atoms with Crippen LogP contribution in [0.3, 0.4) is 0 Å². The van der Waals surface area contributed by atoms with Gasteiger partial charge in [0.05, 0.1) is 0 Å². The van der Waals surface area contributed by atoms with Gasteiger partial charge in [-0.1, -0.05) is 0 Å². The second-order valence-electron chi connectivity index (χ2n) is 5.85. The summed E-state index contributed by atoms with van der Waals surface area (Å²) in [5.74, 6) is 0.224. The molecule has 134 valence electrons. The number of hydrogen-bond donors (Lipinski definition) is 1. The maximum Gasteiger partial charge on any atom is 0.287 e. The zero-order valence-corrected chi connectivity index (χ0v) is 15.8. The monoisotopic (exact) mass is 427 g/mol. The van der Waals surface area contributed by atoms with Crippen molar-refractivity contribution in [3.8, 4) is 0 Å². The zero-order chi connectivity index (χ0) is 17.9. The third kappa shape index (κ3) is 4.28. The minimum absolute atomic E-state index is 0.213. The number of carbonyl (C=O) groups excluding carboxylic acids is 1. The van der Waals surface area contributed by atoms with Crippen LogP contribution >= 0.6 is 15.9 Å². The molecule has 0 spiro atoms. The number of piperidine rings is 1. The van der Waals surface area contributed by atoms with Crippen molar-refractivity contribution >= 4 is 31.9 Å². The molecule has 0 unspecified atom stereocenters. The summed E-state index contributed by atoms with van der Waals surface area (Å²) in [6.45, 7) is 1.37. The van der Waals surface area contributed by atoms with Gasteiger partial charge in [-0.2, -0.15) is 4.31 Å². The Bertz CT molecular complexity index is 830. The lowest BCUT2D eigenvalue weighted by Crippen LogP contribution is -2.41. The molecular weight excluding hydrogens is 410 g/mol. The third-order valence-electron chi connectivity index (χ3n) is 4.19. The number of amides is 1. The fourth-order valence-corrected chi connectivity index (χ4v) is 4.50. The number of hydrogen-bond acceptors (Lipinski definition) is 5. The fraction of sp³-hybridized carbons (Fsp3) is 0.375. The van der Waals surface area contributed by atoms with E-state index in [4.69, 9.17) is 4.42 Å². The Morgan fingerprint density at radius 3 is 2.68 bits per heavy atom. The molecule has 0 saturated carbocycles. The second kappa shape index (κ2) is 7.67. The average Bonchev–Trinajstić information content (AvgIpc) is 3.07. The van der Waals surface area contributed by atoms with Crippen molar-refractivity contribution in [1.29, 1.82) is 0 Å². The molecule has 1 N–H and O–H groups in total. The molecule has 0 aliphatic carbocycles. The van der Waals surface area contributed by atoms with E-state index in [0.717, 1.165) is 0 Å². The van der Waals surface area contributed by atoms with E-state index in [0.29, 0.717) is 37.1 Å². The number of rotatable bonds is 5. The highest BCUT2D eigenvalue weighted by Crippen LogP contribution is 2.23. The molecule has 1 aliphatic heterocycles. The normalized spacial score (nSPS) is 16.7. The Balaban J connectivity index is 1.51. The Morgan fingerprint density at radius 2 is 2.08 bits per heavy atom. The first kappa shape index (κ1) is 18.1. The maximum atomic E-state index is 12.5. The Labute approximate surface area is 154 Å². The number of halogens is 1. The third-order valence-corrected chi connectivity index (χ3v) is 6.50. The number of nitrogens with one attached hydrogen (secondary N) is 1. The van der Waals surface area contributed by atoms with Gasteiger partial charge < -0.3 is 9.73 Å². The minimum Gasteiger partial charge on any atom is -0.444 e. The predicted octanol–water partition coefficient (Wildman–Crippen LogP) is 2.27. The molecule has 1 amide bonds. The zero-order valence-electron chi connectivity index (χ0n) is 13.4. The van der Waals surface area contributed by atoms with Crippen molar-refractivity contribution in [1.82, 2.24) is 14.6 Å². The number of nitrogens with zero attached hydrogens (tertiary/aromatic N) is 2. The van der Waals surface area contributed by atoms with Crippen LogP contribution in [0.25, 0.3) is 0 Å². The summed E-state index contributed by atoms with van der Waals surface area (Å²) < 4.78 is 32.3. The van der Waals surface area contributed by atoms with Crippen LogP contribution in [0.15, 0.2) is 50.6 Å². The first-order valence-electron chi connectivity index (χ1n) is 7.90. The molecule has 7 nitrogen and oxygen atoms in total. The van der Waals surface area contributed by atoms with Gasteiger partial charge in [-0.3, -0.25) is 9.78 Å². The molecule has 0 bridgehead atoms. The van der Waals surface area contributed by atoms with Crippen LogP contribution in [0, 0.1) is 5.92 Å². The van der Waals surface area contributed by atoms with E-state index in [9.17, 15) is 13.2 Å². The number of carbonyl (C=O) groups is 1. The van der Waals surface area contributed by atoms with Gasteiger partial charge in [0.25, 0.3) is 5.91 Å². The van der Waals surface area contributed by atoms with Crippen LogP contribution in [0.2, 0.25) is 0 Å². The van der Waals surface area contributed by atoms with Crippen molar-refractivity contribution in [3.05, 3.63) is 47.1 Å². The summed E-state index contributed by atoms with van der Waals surface area (Å²) >= 11 is 3.16. The van der Waals surface area contributed by atoms with Gasteiger partial charge in [0, 0.05) is 32.0 Å². The first-order valence-corrected chi connectivity index (χ1v) is 10.1. The SMILES string of the molecule is O=C(NCC1CCN(S(=O)(=O)c2cccnc2)CC1)c1ccc(Br)o1. The minimum atomic E-state index is -3.49. The van der Waals surface area contributed by atoms with E-state index >= 15 is 0 Å². The van der Waals surface area contributed by atoms with Gasteiger partial charge >= 0.3 is 0 Å². The Kier molecular flexibility index (Phi) is 5.55. The van der Waals surface area contributed by atoms with Gasteiger partial charge in [-0.05, 0) is 59.0 Å². The summed E-state index contributed by atoms with van der Waals surface area (Å²) in [6, 6.07) is 6.43. The molecule has 2 aromatic rings. The molecule has 0 radical (unpaired) electrons. The summed E-state index contributed by atoms with van der Waals surface area (Å²) in [6.07, 6.45) is 4.30. The predicted molar refractivity (Wildman–Crippen MR) is 94.5 cm³/mol. The summed E-state index contributed by atoms with van der Waals surface area (Å²) in [5, 5.41) is 2.84. The van der Waals surface area contributed by atoms with Crippen LogP contribution in [0.1, 0.15) is 23.4 Å². The largest absolute Gasteiger partial charge is 0.444 e.